The highest BCUT2D eigenvalue weighted by atomic mass is 32.1. The predicted octanol–water partition coefficient (Wildman–Crippen LogP) is 7.49. The highest BCUT2D eigenvalue weighted by Crippen LogP contribution is 2.47. The molecule has 4 aromatic rings. The fourth-order valence-electron chi connectivity index (χ4n) is 6.38. The summed E-state index contributed by atoms with van der Waals surface area (Å²) >= 11 is 1.35. The molecule has 0 radical (unpaired) electrons. The van der Waals surface area contributed by atoms with Crippen molar-refractivity contribution in [1.29, 1.82) is 0 Å². The molecular weight excluding hydrogens is 574 g/mol. The van der Waals surface area contributed by atoms with Crippen molar-refractivity contribution in [1.82, 2.24) is 10.1 Å². The topological polar surface area (TPSA) is 77.7 Å². The number of rotatable bonds is 7. The number of halogens is 4. The fourth-order valence-corrected chi connectivity index (χ4v) is 7.54. The molecule has 0 amide bonds. The monoisotopic (exact) mass is 601 g/mol. The molecule has 1 aliphatic carbocycles. The Bertz CT molecular complexity index is 1650. The quantitative estimate of drug-likeness (QED) is 0.160. The number of piperidine rings is 1. The normalized spacial score (nSPS) is 22.2. The number of anilines is 1. The zero-order valence-corrected chi connectivity index (χ0v) is 23.4. The summed E-state index contributed by atoms with van der Waals surface area (Å²) < 4.78 is 73.5. The molecule has 7 rings (SSSR count). The second-order valence-electron chi connectivity index (χ2n) is 11.2. The Morgan fingerprint density at radius 3 is 2.55 bits per heavy atom. The summed E-state index contributed by atoms with van der Waals surface area (Å²) in [5, 5.41) is 4.81. The number of nitrogens with zero attached hydrogens (tertiary/aromatic N) is 3. The van der Waals surface area contributed by atoms with Gasteiger partial charge in [-0.3, -0.25) is 0 Å². The third-order valence-corrected chi connectivity index (χ3v) is 9.50. The van der Waals surface area contributed by atoms with Crippen LogP contribution >= 0.6 is 11.3 Å². The Morgan fingerprint density at radius 1 is 1.12 bits per heavy atom. The first-order valence-electron chi connectivity index (χ1n) is 13.9. The van der Waals surface area contributed by atoms with E-state index in [-0.39, 0.29) is 53.0 Å². The van der Waals surface area contributed by atoms with Crippen LogP contribution in [-0.4, -0.2) is 41.4 Å². The van der Waals surface area contributed by atoms with Crippen molar-refractivity contribution in [2.24, 2.45) is 0 Å². The number of benzene rings is 2. The number of fused-ring (bicyclic) bond motifs is 3. The molecule has 3 atom stereocenters. The molecule has 2 bridgehead atoms. The second kappa shape index (κ2) is 10.3. The number of carbonyl (C=O) groups is 1. The number of thiazole rings is 1. The first-order chi connectivity index (χ1) is 20.2. The van der Waals surface area contributed by atoms with Gasteiger partial charge in [-0.1, -0.05) is 34.7 Å². The summed E-state index contributed by atoms with van der Waals surface area (Å²) in [5.41, 5.74) is 0.392. The maximum atomic E-state index is 14.8. The lowest BCUT2D eigenvalue weighted by Gasteiger charge is -2.38. The van der Waals surface area contributed by atoms with Crippen LogP contribution in [0.3, 0.4) is 0 Å². The van der Waals surface area contributed by atoms with E-state index in [4.69, 9.17) is 14.0 Å². The molecule has 2 aromatic carbocycles. The van der Waals surface area contributed by atoms with Gasteiger partial charge in [-0.25, -0.2) is 14.2 Å². The molecule has 7 nitrogen and oxygen atoms in total. The van der Waals surface area contributed by atoms with Crippen LogP contribution in [0.25, 0.3) is 21.5 Å². The van der Waals surface area contributed by atoms with Gasteiger partial charge in [-0.05, 0) is 56.7 Å². The highest BCUT2D eigenvalue weighted by molar-refractivity contribution is 7.22. The Hall–Kier alpha value is -3.51. The van der Waals surface area contributed by atoms with E-state index in [0.717, 1.165) is 37.8 Å². The van der Waals surface area contributed by atoms with Crippen molar-refractivity contribution in [3.63, 3.8) is 0 Å². The summed E-state index contributed by atoms with van der Waals surface area (Å²) in [6, 6.07) is 8.44. The second-order valence-corrected chi connectivity index (χ2v) is 12.2. The molecule has 220 valence electrons. The highest BCUT2D eigenvalue weighted by Gasteiger charge is 2.43. The van der Waals surface area contributed by atoms with Gasteiger partial charge in [0.15, 0.2) is 10.9 Å². The predicted molar refractivity (Wildman–Crippen MR) is 147 cm³/mol. The lowest BCUT2D eigenvalue weighted by atomic mass is 9.98. The number of carbonyl (C=O) groups excluding carboxylic acids is 1. The van der Waals surface area contributed by atoms with Gasteiger partial charge in [-0.15, -0.1) is 0 Å². The minimum absolute atomic E-state index is 0.00689. The van der Waals surface area contributed by atoms with Gasteiger partial charge in [0.2, 0.25) is 0 Å². The van der Waals surface area contributed by atoms with E-state index < -0.39 is 23.5 Å². The molecule has 0 spiro atoms. The summed E-state index contributed by atoms with van der Waals surface area (Å²) in [4.78, 5) is 18.8. The first-order valence-corrected chi connectivity index (χ1v) is 14.8. The number of ether oxygens (including phenoxy) is 2. The maximum Gasteiger partial charge on any atom is 0.417 e. The van der Waals surface area contributed by atoms with E-state index in [9.17, 15) is 22.4 Å². The Kier molecular flexibility index (Phi) is 6.73. The van der Waals surface area contributed by atoms with Crippen LogP contribution in [0.15, 0.2) is 40.9 Å². The van der Waals surface area contributed by atoms with E-state index in [2.05, 4.69) is 15.0 Å². The van der Waals surface area contributed by atoms with Gasteiger partial charge in [-0.2, -0.15) is 13.2 Å². The SMILES string of the molecule is COC(=O)c1cc(F)c2nc(N3C4CC[C@H]3CC(OCc3c(-c5ccccc5C(F)(F)F)noc3C3CC3)C4)sc2c1. The number of aromatic nitrogens is 2. The van der Waals surface area contributed by atoms with Gasteiger partial charge in [0, 0.05) is 29.1 Å². The molecule has 0 N–H and O–H groups in total. The minimum Gasteiger partial charge on any atom is -0.465 e. The van der Waals surface area contributed by atoms with Crippen LogP contribution in [-0.2, 0) is 22.3 Å². The number of hydrogen-bond acceptors (Lipinski definition) is 8. The molecule has 12 heteroatoms. The standard InChI is InChI=1S/C30H27F4N3O4S/c1-39-28(38)16-10-23(31)26-24(11-16)42-29(35-26)37-17-8-9-18(37)13-19(12-17)40-14-21-25(36-41-27(21)15-6-7-15)20-4-2-3-5-22(20)30(32,33)34/h2-5,10-11,15,17-19H,6-9,12-14H2,1H3/t17-,18?,19?/m0/s1. The van der Waals surface area contributed by atoms with Gasteiger partial charge in [0.05, 0.1) is 35.6 Å². The van der Waals surface area contributed by atoms with Crippen molar-refractivity contribution >= 4 is 32.7 Å². The number of alkyl halides is 3. The molecule has 2 unspecified atom stereocenters. The number of hydrogen-bond donors (Lipinski definition) is 0. The van der Waals surface area contributed by atoms with E-state index in [1.807, 2.05) is 0 Å². The zero-order chi connectivity index (χ0) is 29.2. The van der Waals surface area contributed by atoms with Crippen molar-refractivity contribution in [3.8, 4) is 11.3 Å². The van der Waals surface area contributed by atoms with Crippen LogP contribution in [0.4, 0.5) is 22.7 Å². The van der Waals surface area contributed by atoms with E-state index in [1.165, 1.54) is 30.6 Å². The molecule has 1 saturated carbocycles. The summed E-state index contributed by atoms with van der Waals surface area (Å²) in [5.74, 6) is -0.402. The summed E-state index contributed by atoms with van der Waals surface area (Å²) in [7, 11) is 1.25. The van der Waals surface area contributed by atoms with Gasteiger partial charge in [0.1, 0.15) is 17.0 Å². The lowest BCUT2D eigenvalue weighted by Crippen LogP contribution is -2.45. The molecule has 2 saturated heterocycles. The van der Waals surface area contributed by atoms with Crippen LogP contribution in [0.2, 0.25) is 0 Å². The molecule has 4 heterocycles. The zero-order valence-electron chi connectivity index (χ0n) is 22.6. The molecule has 42 heavy (non-hydrogen) atoms. The van der Waals surface area contributed by atoms with Gasteiger partial charge in [0.25, 0.3) is 0 Å². The molecular formula is C30H27F4N3O4S. The van der Waals surface area contributed by atoms with E-state index in [1.54, 1.807) is 12.1 Å². The fraction of sp³-hybridized carbons (Fsp3) is 0.433. The lowest BCUT2D eigenvalue weighted by molar-refractivity contribution is -0.137. The largest absolute Gasteiger partial charge is 0.465 e. The molecule has 2 aliphatic heterocycles. The Labute approximate surface area is 242 Å². The van der Waals surface area contributed by atoms with Crippen LogP contribution in [0.5, 0.6) is 0 Å². The molecule has 3 aliphatic rings. The van der Waals surface area contributed by atoms with Crippen molar-refractivity contribution in [2.45, 2.75) is 75.4 Å². The Balaban J connectivity index is 1.11. The maximum absolute atomic E-state index is 14.8. The first kappa shape index (κ1) is 27.3. The summed E-state index contributed by atoms with van der Waals surface area (Å²) in [6.07, 6.45) is 0.473. The number of methoxy groups -OCH3 is 1. The van der Waals surface area contributed by atoms with Gasteiger partial charge >= 0.3 is 12.1 Å². The average molecular weight is 602 g/mol. The third kappa shape index (κ3) is 4.84. The number of esters is 1. The van der Waals surface area contributed by atoms with Gasteiger partial charge < -0.3 is 18.9 Å². The average Bonchev–Trinajstić information content (AvgIpc) is 3.48. The minimum atomic E-state index is -4.52. The van der Waals surface area contributed by atoms with Crippen molar-refractivity contribution in [2.75, 3.05) is 12.0 Å². The Morgan fingerprint density at radius 2 is 1.86 bits per heavy atom. The van der Waals surface area contributed by atoms with Crippen LogP contribution in [0, 0.1) is 5.82 Å². The summed E-state index contributed by atoms with van der Waals surface area (Å²) in [6.45, 7) is 0.115. The van der Waals surface area contributed by atoms with Crippen molar-refractivity contribution < 1.29 is 36.4 Å². The van der Waals surface area contributed by atoms with Crippen LogP contribution < -0.4 is 4.90 Å². The van der Waals surface area contributed by atoms with E-state index in [0.29, 0.717) is 34.0 Å². The van der Waals surface area contributed by atoms with Crippen LogP contribution in [0.1, 0.15) is 71.7 Å². The molecule has 3 fully saturated rings. The van der Waals surface area contributed by atoms with Crippen molar-refractivity contribution in [3.05, 3.63) is 64.7 Å². The molecule has 2 aromatic heterocycles. The van der Waals surface area contributed by atoms with E-state index >= 15 is 0 Å². The third-order valence-electron chi connectivity index (χ3n) is 8.49. The smallest absolute Gasteiger partial charge is 0.417 e.